The van der Waals surface area contributed by atoms with Gasteiger partial charge in [0.15, 0.2) is 5.78 Å². The maximum absolute atomic E-state index is 12.7. The normalized spacial score (nSPS) is 10.6. The van der Waals surface area contributed by atoms with Crippen LogP contribution in [0.1, 0.15) is 28.5 Å². The summed E-state index contributed by atoms with van der Waals surface area (Å²) in [4.78, 5) is 27.7. The Morgan fingerprint density at radius 1 is 1.08 bits per heavy atom. The van der Waals surface area contributed by atoms with Crippen LogP contribution in [0.25, 0.3) is 10.9 Å². The number of amides is 1. The number of H-pyrrole nitrogens is 1. The quantitative estimate of drug-likeness (QED) is 0.704. The van der Waals surface area contributed by atoms with Crippen molar-refractivity contribution in [3.63, 3.8) is 0 Å². The monoisotopic (exact) mass is 322 g/mol. The number of benzene rings is 2. The van der Waals surface area contributed by atoms with E-state index in [0.717, 1.165) is 16.6 Å². The van der Waals surface area contributed by atoms with Gasteiger partial charge in [-0.3, -0.25) is 10.1 Å². The lowest BCUT2D eigenvalue weighted by atomic mass is 10.0. The van der Waals surface area contributed by atoms with Crippen molar-refractivity contribution in [1.29, 1.82) is 0 Å². The minimum atomic E-state index is -0.546. The van der Waals surface area contributed by atoms with E-state index in [1.165, 1.54) is 0 Å². The van der Waals surface area contributed by atoms with Gasteiger partial charge in [-0.15, -0.1) is 0 Å². The molecule has 2 N–H and O–H groups in total. The van der Waals surface area contributed by atoms with Crippen LogP contribution in [0.3, 0.4) is 0 Å². The lowest BCUT2D eigenvalue weighted by molar-refractivity contribution is 0.103. The molecule has 1 amide bonds. The lowest BCUT2D eigenvalue weighted by Gasteiger charge is -2.09. The number of carbonyl (C=O) groups is 2. The molecule has 3 rings (SSSR count). The second kappa shape index (κ2) is 6.58. The van der Waals surface area contributed by atoms with Crippen molar-refractivity contribution in [3.8, 4) is 0 Å². The molecule has 1 heterocycles. The van der Waals surface area contributed by atoms with Gasteiger partial charge in [0, 0.05) is 22.2 Å². The van der Waals surface area contributed by atoms with E-state index in [1.54, 1.807) is 25.1 Å². The minimum absolute atomic E-state index is 0.0942. The average Bonchev–Trinajstić information content (AvgIpc) is 2.95. The van der Waals surface area contributed by atoms with Crippen molar-refractivity contribution in [2.24, 2.45) is 0 Å². The topological polar surface area (TPSA) is 71.2 Å². The van der Waals surface area contributed by atoms with Gasteiger partial charge in [-0.25, -0.2) is 4.79 Å². The van der Waals surface area contributed by atoms with Gasteiger partial charge in [-0.2, -0.15) is 0 Å². The fourth-order valence-electron chi connectivity index (χ4n) is 2.65. The largest absolute Gasteiger partial charge is 0.450 e. The highest BCUT2D eigenvalue weighted by Crippen LogP contribution is 2.27. The summed E-state index contributed by atoms with van der Waals surface area (Å²) >= 11 is 0. The summed E-state index contributed by atoms with van der Waals surface area (Å²) in [6.45, 7) is 3.94. The molecule has 0 aliphatic rings. The van der Waals surface area contributed by atoms with Crippen LogP contribution in [0.5, 0.6) is 0 Å². The Bertz CT molecular complexity index is 898. The Morgan fingerprint density at radius 2 is 1.83 bits per heavy atom. The molecule has 0 saturated heterocycles. The third kappa shape index (κ3) is 3.15. The Kier molecular flexibility index (Phi) is 4.33. The Labute approximate surface area is 139 Å². The van der Waals surface area contributed by atoms with E-state index in [2.05, 4.69) is 10.3 Å². The molecule has 122 valence electrons. The maximum Gasteiger partial charge on any atom is 0.411 e. The van der Waals surface area contributed by atoms with E-state index in [-0.39, 0.29) is 12.4 Å². The smallest absolute Gasteiger partial charge is 0.411 e. The van der Waals surface area contributed by atoms with Crippen LogP contribution >= 0.6 is 0 Å². The van der Waals surface area contributed by atoms with Gasteiger partial charge >= 0.3 is 6.09 Å². The molecular formula is C19H18N2O3. The number of rotatable bonds is 4. The third-order valence-electron chi connectivity index (χ3n) is 3.67. The zero-order chi connectivity index (χ0) is 17.1. The predicted molar refractivity (Wildman–Crippen MR) is 93.6 cm³/mol. The fraction of sp³-hybridized carbons (Fsp3) is 0.158. The molecular weight excluding hydrogens is 304 g/mol. The molecule has 3 aromatic rings. The number of aromatic amines is 1. The molecule has 0 aliphatic heterocycles. The molecule has 5 heteroatoms. The van der Waals surface area contributed by atoms with Crippen LogP contribution in [0, 0.1) is 6.92 Å². The van der Waals surface area contributed by atoms with Crippen LogP contribution < -0.4 is 5.32 Å². The first-order valence-electron chi connectivity index (χ1n) is 7.75. The molecule has 0 spiro atoms. The number of nitrogens with one attached hydrogen (secondary N) is 2. The SMILES string of the molecule is CCOC(=O)Nc1cc(C(=O)c2ccccc2)cc2cc(C)[nH]c12. The standard InChI is InChI=1S/C19H18N2O3/c1-3-24-19(23)21-16-11-15(10-14-9-12(2)20-17(14)16)18(22)13-7-5-4-6-8-13/h4-11,20H,3H2,1-2H3,(H,21,23). The second-order valence-corrected chi connectivity index (χ2v) is 5.48. The van der Waals surface area contributed by atoms with Gasteiger partial charge in [-0.1, -0.05) is 30.3 Å². The van der Waals surface area contributed by atoms with Crippen LogP contribution in [0.4, 0.5) is 10.5 Å². The van der Waals surface area contributed by atoms with Crippen molar-refractivity contribution in [3.05, 3.63) is 65.4 Å². The first kappa shape index (κ1) is 15.8. The average molecular weight is 322 g/mol. The summed E-state index contributed by atoms with van der Waals surface area (Å²) in [7, 11) is 0. The van der Waals surface area contributed by atoms with Crippen LogP contribution in [0.2, 0.25) is 0 Å². The Morgan fingerprint density at radius 3 is 2.54 bits per heavy atom. The van der Waals surface area contributed by atoms with Crippen LogP contribution in [-0.2, 0) is 4.74 Å². The number of aryl methyl sites for hydroxylation is 1. The van der Waals surface area contributed by atoms with Crippen LogP contribution in [-0.4, -0.2) is 23.5 Å². The number of fused-ring (bicyclic) bond motifs is 1. The number of ketones is 1. The zero-order valence-corrected chi connectivity index (χ0v) is 13.6. The first-order chi connectivity index (χ1) is 11.6. The summed E-state index contributed by atoms with van der Waals surface area (Å²) < 4.78 is 4.94. The van der Waals surface area contributed by atoms with Gasteiger partial charge in [0.25, 0.3) is 0 Å². The highest BCUT2D eigenvalue weighted by atomic mass is 16.5. The molecule has 0 radical (unpaired) electrons. The molecule has 0 atom stereocenters. The molecule has 0 bridgehead atoms. The second-order valence-electron chi connectivity index (χ2n) is 5.48. The number of ether oxygens (including phenoxy) is 1. The summed E-state index contributed by atoms with van der Waals surface area (Å²) in [5.74, 6) is -0.0942. The Hall–Kier alpha value is -3.08. The van der Waals surface area contributed by atoms with Crippen molar-refractivity contribution < 1.29 is 14.3 Å². The number of aromatic nitrogens is 1. The molecule has 0 fully saturated rings. The van der Waals surface area contributed by atoms with E-state index in [1.807, 2.05) is 37.3 Å². The van der Waals surface area contributed by atoms with Gasteiger partial charge in [-0.05, 0) is 32.0 Å². The zero-order valence-electron chi connectivity index (χ0n) is 13.6. The number of carbonyl (C=O) groups excluding carboxylic acids is 2. The van der Waals surface area contributed by atoms with Crippen molar-refractivity contribution >= 4 is 28.5 Å². The van der Waals surface area contributed by atoms with Crippen LogP contribution in [0.15, 0.2) is 48.5 Å². The van der Waals surface area contributed by atoms with Gasteiger partial charge < -0.3 is 9.72 Å². The summed E-state index contributed by atoms with van der Waals surface area (Å²) in [5, 5.41) is 3.56. The fourth-order valence-corrected chi connectivity index (χ4v) is 2.65. The number of anilines is 1. The molecule has 1 aromatic heterocycles. The van der Waals surface area contributed by atoms with Crippen molar-refractivity contribution in [2.45, 2.75) is 13.8 Å². The molecule has 24 heavy (non-hydrogen) atoms. The molecule has 2 aromatic carbocycles. The van der Waals surface area contributed by atoms with Gasteiger partial charge in [0.2, 0.25) is 0 Å². The van der Waals surface area contributed by atoms with Crippen molar-refractivity contribution in [1.82, 2.24) is 4.98 Å². The summed E-state index contributed by atoms with van der Waals surface area (Å²) in [6.07, 6.45) is -0.546. The maximum atomic E-state index is 12.7. The molecule has 0 unspecified atom stereocenters. The summed E-state index contributed by atoms with van der Waals surface area (Å²) in [6, 6.07) is 14.5. The highest BCUT2D eigenvalue weighted by Gasteiger charge is 2.15. The first-order valence-corrected chi connectivity index (χ1v) is 7.75. The number of hydrogen-bond donors (Lipinski definition) is 2. The van der Waals surface area contributed by atoms with E-state index in [9.17, 15) is 9.59 Å². The molecule has 5 nitrogen and oxygen atoms in total. The summed E-state index contributed by atoms with van der Waals surface area (Å²) in [5.41, 5.74) is 3.36. The molecule has 0 aliphatic carbocycles. The van der Waals surface area contributed by atoms with E-state index < -0.39 is 6.09 Å². The lowest BCUT2D eigenvalue weighted by Crippen LogP contribution is -2.14. The van der Waals surface area contributed by atoms with E-state index in [0.29, 0.717) is 16.8 Å². The van der Waals surface area contributed by atoms with Gasteiger partial charge in [0.05, 0.1) is 17.8 Å². The van der Waals surface area contributed by atoms with E-state index >= 15 is 0 Å². The predicted octanol–water partition coefficient (Wildman–Crippen LogP) is 4.28. The third-order valence-corrected chi connectivity index (χ3v) is 3.67. The Balaban J connectivity index is 2.06. The number of hydrogen-bond acceptors (Lipinski definition) is 3. The molecule has 0 saturated carbocycles. The highest BCUT2D eigenvalue weighted by molar-refractivity contribution is 6.13. The minimum Gasteiger partial charge on any atom is -0.450 e. The van der Waals surface area contributed by atoms with E-state index in [4.69, 9.17) is 4.74 Å². The van der Waals surface area contributed by atoms with Gasteiger partial charge in [0.1, 0.15) is 0 Å². The van der Waals surface area contributed by atoms with Crippen molar-refractivity contribution in [2.75, 3.05) is 11.9 Å².